The van der Waals surface area contributed by atoms with Crippen molar-refractivity contribution in [1.29, 1.82) is 0 Å². The fraction of sp³-hybridized carbons (Fsp3) is 0.0667. The van der Waals surface area contributed by atoms with Crippen LogP contribution < -0.4 is 5.32 Å². The third-order valence-electron chi connectivity index (χ3n) is 3.05. The van der Waals surface area contributed by atoms with Gasteiger partial charge < -0.3 is 5.32 Å². The summed E-state index contributed by atoms with van der Waals surface area (Å²) in [6.45, 7) is 0. The van der Waals surface area contributed by atoms with Crippen LogP contribution in [0.25, 0.3) is 5.69 Å². The second-order valence-electron chi connectivity index (χ2n) is 4.45. The van der Waals surface area contributed by atoms with Gasteiger partial charge in [0.1, 0.15) is 5.69 Å². The van der Waals surface area contributed by atoms with E-state index in [1.54, 1.807) is 4.68 Å². The summed E-state index contributed by atoms with van der Waals surface area (Å²) in [5.41, 5.74) is 3.27. The van der Waals surface area contributed by atoms with Gasteiger partial charge in [-0.15, -0.1) is 10.2 Å². The van der Waals surface area contributed by atoms with E-state index < -0.39 is 0 Å². The van der Waals surface area contributed by atoms with Crippen molar-refractivity contribution in [2.75, 3.05) is 12.4 Å². The molecule has 0 bridgehead atoms. The van der Waals surface area contributed by atoms with E-state index in [0.717, 1.165) is 22.7 Å². The minimum Gasteiger partial charge on any atom is -0.386 e. The van der Waals surface area contributed by atoms with Crippen molar-refractivity contribution in [1.82, 2.24) is 15.0 Å². The first-order valence-corrected chi connectivity index (χ1v) is 7.01. The van der Waals surface area contributed by atoms with Gasteiger partial charge in [-0.1, -0.05) is 28.9 Å². The molecule has 0 unspecified atom stereocenters. The Morgan fingerprint density at radius 1 is 1.05 bits per heavy atom. The minimum atomic E-state index is 0.456. The molecule has 22 heavy (non-hydrogen) atoms. The van der Waals surface area contributed by atoms with Gasteiger partial charge in [0.2, 0.25) is 0 Å². The lowest BCUT2D eigenvalue weighted by Gasteiger charge is -2.03. The smallest absolute Gasteiger partial charge is 0.153 e. The molecule has 0 radical (unpaired) electrons. The van der Waals surface area contributed by atoms with Gasteiger partial charge in [0.05, 0.1) is 23.3 Å². The Labute approximate surface area is 132 Å². The van der Waals surface area contributed by atoms with Crippen molar-refractivity contribution in [2.24, 2.45) is 10.2 Å². The topological polar surface area (TPSA) is 67.5 Å². The van der Waals surface area contributed by atoms with E-state index in [-0.39, 0.29) is 0 Å². The van der Waals surface area contributed by atoms with Gasteiger partial charge in [-0.2, -0.15) is 5.11 Å². The molecule has 7 heteroatoms. The Balaban J connectivity index is 1.82. The first-order valence-electron chi connectivity index (χ1n) is 6.63. The molecular formula is C15H13ClN6. The third kappa shape index (κ3) is 2.96. The van der Waals surface area contributed by atoms with Crippen LogP contribution >= 0.6 is 11.6 Å². The summed E-state index contributed by atoms with van der Waals surface area (Å²) >= 11 is 5.98. The van der Waals surface area contributed by atoms with Crippen molar-refractivity contribution >= 4 is 28.7 Å². The van der Waals surface area contributed by atoms with E-state index in [9.17, 15) is 0 Å². The van der Waals surface area contributed by atoms with Crippen LogP contribution in [0.1, 0.15) is 0 Å². The van der Waals surface area contributed by atoms with Crippen LogP contribution in [0.15, 0.2) is 65.0 Å². The van der Waals surface area contributed by atoms with E-state index >= 15 is 0 Å². The van der Waals surface area contributed by atoms with Crippen LogP contribution in [-0.2, 0) is 0 Å². The summed E-state index contributed by atoms with van der Waals surface area (Å²) in [7, 11) is 1.85. The molecule has 0 aliphatic heterocycles. The molecular weight excluding hydrogens is 300 g/mol. The van der Waals surface area contributed by atoms with Gasteiger partial charge >= 0.3 is 0 Å². The second-order valence-corrected chi connectivity index (χ2v) is 4.84. The summed E-state index contributed by atoms with van der Waals surface area (Å²) in [6, 6.07) is 15.1. The Hall–Kier alpha value is -2.73. The van der Waals surface area contributed by atoms with Gasteiger partial charge in [0, 0.05) is 7.05 Å². The summed E-state index contributed by atoms with van der Waals surface area (Å²) in [5, 5.41) is 19.7. The van der Waals surface area contributed by atoms with Gasteiger partial charge in [0.25, 0.3) is 0 Å². The molecule has 110 valence electrons. The van der Waals surface area contributed by atoms with Crippen molar-refractivity contribution < 1.29 is 0 Å². The van der Waals surface area contributed by atoms with Crippen LogP contribution in [0.3, 0.4) is 0 Å². The number of hydrogen-bond donors (Lipinski definition) is 1. The molecule has 0 fully saturated rings. The predicted octanol–water partition coefficient (Wildman–Crippen LogP) is 4.38. The van der Waals surface area contributed by atoms with E-state index in [0.29, 0.717) is 5.15 Å². The van der Waals surface area contributed by atoms with Crippen LogP contribution in [0.2, 0.25) is 5.15 Å². The number of rotatable bonds is 4. The fourth-order valence-corrected chi connectivity index (χ4v) is 2.12. The quantitative estimate of drug-likeness (QED) is 0.727. The number of azo groups is 1. The number of nitrogens with zero attached hydrogens (tertiary/aromatic N) is 5. The Morgan fingerprint density at radius 2 is 1.82 bits per heavy atom. The van der Waals surface area contributed by atoms with Crippen molar-refractivity contribution in [3.05, 3.63) is 59.9 Å². The molecule has 1 N–H and O–H groups in total. The minimum absolute atomic E-state index is 0.456. The lowest BCUT2D eigenvalue weighted by molar-refractivity contribution is 0.804. The molecule has 0 saturated carbocycles. The monoisotopic (exact) mass is 312 g/mol. The first kappa shape index (κ1) is 14.2. The average molecular weight is 313 g/mol. The number of para-hydroxylation sites is 1. The molecule has 0 aliphatic carbocycles. The third-order valence-corrected chi connectivity index (χ3v) is 3.31. The highest BCUT2D eigenvalue weighted by molar-refractivity contribution is 6.29. The van der Waals surface area contributed by atoms with Gasteiger partial charge in [-0.05, 0) is 36.4 Å². The SMILES string of the molecule is CNc1ccccc1N=Nc1ccc(-n2nncc2Cl)cc1. The number of benzene rings is 2. The van der Waals surface area contributed by atoms with E-state index in [1.807, 2.05) is 55.6 Å². The van der Waals surface area contributed by atoms with Crippen LogP contribution in [-0.4, -0.2) is 22.0 Å². The lowest BCUT2D eigenvalue weighted by atomic mass is 10.3. The molecule has 1 aromatic heterocycles. The Kier molecular flexibility index (Phi) is 4.11. The Morgan fingerprint density at radius 3 is 2.50 bits per heavy atom. The van der Waals surface area contributed by atoms with Crippen molar-refractivity contribution in [2.45, 2.75) is 0 Å². The highest BCUT2D eigenvalue weighted by Gasteiger charge is 2.03. The highest BCUT2D eigenvalue weighted by atomic mass is 35.5. The van der Waals surface area contributed by atoms with E-state index in [4.69, 9.17) is 11.6 Å². The van der Waals surface area contributed by atoms with E-state index in [2.05, 4.69) is 25.9 Å². The molecule has 3 aromatic rings. The summed E-state index contributed by atoms with van der Waals surface area (Å²) < 4.78 is 1.54. The molecule has 2 aromatic carbocycles. The van der Waals surface area contributed by atoms with Crippen molar-refractivity contribution in [3.63, 3.8) is 0 Å². The first-order chi connectivity index (χ1) is 10.8. The van der Waals surface area contributed by atoms with Crippen LogP contribution in [0, 0.1) is 0 Å². The molecule has 6 nitrogen and oxygen atoms in total. The van der Waals surface area contributed by atoms with Gasteiger partial charge in [0.15, 0.2) is 5.15 Å². The zero-order valence-corrected chi connectivity index (χ0v) is 12.6. The molecule has 0 saturated heterocycles. The average Bonchev–Trinajstić information content (AvgIpc) is 3.00. The number of anilines is 1. The number of hydrogen-bond acceptors (Lipinski definition) is 5. The van der Waals surface area contributed by atoms with Crippen LogP contribution in [0.5, 0.6) is 0 Å². The predicted molar refractivity (Wildman–Crippen MR) is 86.5 cm³/mol. The van der Waals surface area contributed by atoms with Gasteiger partial charge in [-0.3, -0.25) is 0 Å². The molecule has 0 aliphatic rings. The van der Waals surface area contributed by atoms with E-state index in [1.165, 1.54) is 6.20 Å². The normalized spacial score (nSPS) is 11.0. The Bertz CT molecular complexity index is 794. The fourth-order valence-electron chi connectivity index (χ4n) is 1.94. The zero-order valence-electron chi connectivity index (χ0n) is 11.8. The molecule has 1 heterocycles. The molecule has 0 spiro atoms. The molecule has 3 rings (SSSR count). The summed E-state index contributed by atoms with van der Waals surface area (Å²) in [4.78, 5) is 0. The highest BCUT2D eigenvalue weighted by Crippen LogP contribution is 2.26. The largest absolute Gasteiger partial charge is 0.386 e. The van der Waals surface area contributed by atoms with Gasteiger partial charge in [-0.25, -0.2) is 4.68 Å². The summed E-state index contributed by atoms with van der Waals surface area (Å²) in [5.74, 6) is 0. The maximum atomic E-state index is 5.98. The number of aromatic nitrogens is 3. The standard InChI is InChI=1S/C15H13ClN6/c1-17-13-4-2-3-5-14(13)20-19-11-6-8-12(9-7-11)22-15(16)10-18-21-22/h2-10,17H,1H3. The summed E-state index contributed by atoms with van der Waals surface area (Å²) in [6.07, 6.45) is 1.49. The second kappa shape index (κ2) is 6.36. The number of nitrogens with one attached hydrogen (secondary N) is 1. The maximum absolute atomic E-state index is 5.98. The number of halogens is 1. The lowest BCUT2D eigenvalue weighted by Crippen LogP contribution is -1.95. The maximum Gasteiger partial charge on any atom is 0.153 e. The van der Waals surface area contributed by atoms with Crippen molar-refractivity contribution in [3.8, 4) is 5.69 Å². The molecule has 0 amide bonds. The van der Waals surface area contributed by atoms with Crippen LogP contribution in [0.4, 0.5) is 17.1 Å². The molecule has 0 atom stereocenters. The zero-order chi connectivity index (χ0) is 15.4.